The van der Waals surface area contributed by atoms with E-state index in [4.69, 9.17) is 37.0 Å². The molecule has 0 aliphatic carbocycles. The number of rotatable bonds is 73. The number of phosphoric acid groups is 2. The van der Waals surface area contributed by atoms with Crippen LogP contribution in [0.15, 0.2) is 85.1 Å². The van der Waals surface area contributed by atoms with Gasteiger partial charge in [-0.15, -0.1) is 0 Å². The molecule has 0 radical (unpaired) electrons. The van der Waals surface area contributed by atoms with Crippen molar-refractivity contribution in [2.45, 2.75) is 354 Å². The molecule has 0 aliphatic heterocycles. The maximum atomic E-state index is 13.1. The second-order valence-corrected chi connectivity index (χ2v) is 28.8. The van der Waals surface area contributed by atoms with Crippen LogP contribution in [0.5, 0.6) is 0 Å². The zero-order valence-corrected chi connectivity index (χ0v) is 63.7. The fraction of sp³-hybridized carbons (Fsp3) is 0.772. The average Bonchev–Trinajstić information content (AvgIpc) is 0.966. The van der Waals surface area contributed by atoms with Gasteiger partial charge in [-0.3, -0.25) is 37.3 Å². The van der Waals surface area contributed by atoms with E-state index in [0.29, 0.717) is 25.7 Å². The molecule has 0 aromatic carbocycles. The molecule has 0 aliphatic rings. The van der Waals surface area contributed by atoms with Crippen LogP contribution in [0.3, 0.4) is 0 Å². The topological polar surface area (TPSA) is 237 Å². The minimum absolute atomic E-state index is 0.0852. The van der Waals surface area contributed by atoms with Gasteiger partial charge in [0.05, 0.1) is 26.4 Å². The number of aliphatic hydroxyl groups excluding tert-OH is 1. The van der Waals surface area contributed by atoms with Crippen molar-refractivity contribution in [3.63, 3.8) is 0 Å². The lowest BCUT2D eigenvalue weighted by Crippen LogP contribution is -2.30. The molecule has 5 unspecified atom stereocenters. The number of carbonyl (C=O) groups excluding carboxylic acids is 4. The first-order valence-corrected chi connectivity index (χ1v) is 41.8. The summed E-state index contributed by atoms with van der Waals surface area (Å²) in [5.74, 6) is -2.21. The summed E-state index contributed by atoms with van der Waals surface area (Å²) in [5, 5.41) is 10.6. The van der Waals surface area contributed by atoms with Crippen LogP contribution in [-0.4, -0.2) is 96.7 Å². The van der Waals surface area contributed by atoms with Crippen molar-refractivity contribution in [1.82, 2.24) is 0 Å². The number of phosphoric ester groups is 2. The zero-order valence-electron chi connectivity index (χ0n) is 62.0. The van der Waals surface area contributed by atoms with Gasteiger partial charge in [-0.1, -0.05) is 273 Å². The molecule has 17 nitrogen and oxygen atoms in total. The molecular weight excluding hydrogens is 1280 g/mol. The van der Waals surface area contributed by atoms with E-state index in [1.54, 1.807) is 0 Å². The first kappa shape index (κ1) is 94.2. The van der Waals surface area contributed by atoms with Gasteiger partial charge in [0.2, 0.25) is 0 Å². The number of hydrogen-bond acceptors (Lipinski definition) is 15. The van der Waals surface area contributed by atoms with Crippen molar-refractivity contribution in [2.24, 2.45) is 0 Å². The molecule has 568 valence electrons. The van der Waals surface area contributed by atoms with E-state index in [1.165, 1.54) is 103 Å². The Hall–Kier alpha value is -3.76. The maximum absolute atomic E-state index is 13.1. The van der Waals surface area contributed by atoms with Crippen LogP contribution in [0, 0.1) is 0 Å². The smallest absolute Gasteiger partial charge is 0.462 e. The van der Waals surface area contributed by atoms with E-state index < -0.39 is 97.5 Å². The summed E-state index contributed by atoms with van der Waals surface area (Å²) in [4.78, 5) is 72.8. The van der Waals surface area contributed by atoms with Crippen LogP contribution in [0.4, 0.5) is 0 Å². The van der Waals surface area contributed by atoms with E-state index in [2.05, 4.69) is 113 Å². The van der Waals surface area contributed by atoms with Gasteiger partial charge in [-0.2, -0.15) is 0 Å². The van der Waals surface area contributed by atoms with Crippen molar-refractivity contribution in [1.29, 1.82) is 0 Å². The first-order chi connectivity index (χ1) is 47.7. The van der Waals surface area contributed by atoms with Gasteiger partial charge in [0, 0.05) is 25.7 Å². The van der Waals surface area contributed by atoms with E-state index >= 15 is 0 Å². The highest BCUT2D eigenvalue weighted by Crippen LogP contribution is 2.45. The number of hydrogen-bond donors (Lipinski definition) is 3. The Morgan fingerprint density at radius 1 is 0.296 bits per heavy atom. The molecule has 5 atom stereocenters. The lowest BCUT2D eigenvalue weighted by molar-refractivity contribution is -0.161. The third-order valence-corrected chi connectivity index (χ3v) is 18.2. The summed E-state index contributed by atoms with van der Waals surface area (Å²) < 4.78 is 68.5. The van der Waals surface area contributed by atoms with Crippen LogP contribution in [0.2, 0.25) is 0 Å². The predicted molar refractivity (Wildman–Crippen MR) is 399 cm³/mol. The lowest BCUT2D eigenvalue weighted by atomic mass is 10.0. The van der Waals surface area contributed by atoms with Crippen LogP contribution >= 0.6 is 15.6 Å². The summed E-state index contributed by atoms with van der Waals surface area (Å²) in [6.07, 6.45) is 72.8. The third kappa shape index (κ3) is 70.7. The minimum Gasteiger partial charge on any atom is -0.462 e. The molecule has 3 N–H and O–H groups in total. The molecule has 0 saturated heterocycles. The van der Waals surface area contributed by atoms with Crippen molar-refractivity contribution < 1.29 is 80.2 Å². The monoisotopic (exact) mass is 1420 g/mol. The molecule has 19 heteroatoms. The molecule has 0 aromatic rings. The second-order valence-electron chi connectivity index (χ2n) is 25.9. The summed E-state index contributed by atoms with van der Waals surface area (Å²) in [6, 6.07) is 0. The number of allylic oxidation sites excluding steroid dienone is 14. The standard InChI is InChI=1S/C79H140O17P2/c1-5-9-13-17-21-25-29-33-34-35-36-37-38-42-44-48-52-56-60-64-77(82)90-70-75(96-79(84)66-62-58-54-50-46-41-32-28-24-20-16-12-8-4)72-94-98(87,88)92-68-73(80)67-91-97(85,86)93-71-74(95-78(83)65-61-57-53-49-45-40-31-27-23-19-15-11-7-3)69-89-76(81)63-59-55-51-47-43-39-30-26-22-18-14-10-6-2/h9,13,21,25-27,30-31,33-34,36-37,42,44,73-75,80H,5-8,10-12,14-20,22-24,28-29,32,35,38-41,43,45-72H2,1-4H3,(H,85,86)(H,87,88)/b13-9-,25-21-,30-26-,31-27-,34-33-,37-36-,44-42-. The first-order valence-electron chi connectivity index (χ1n) is 38.8. The van der Waals surface area contributed by atoms with Crippen molar-refractivity contribution >= 4 is 39.5 Å². The highest BCUT2D eigenvalue weighted by Gasteiger charge is 2.30. The van der Waals surface area contributed by atoms with E-state index in [0.717, 1.165) is 154 Å². The van der Waals surface area contributed by atoms with Gasteiger partial charge < -0.3 is 33.8 Å². The maximum Gasteiger partial charge on any atom is 0.472 e. The molecule has 0 bridgehead atoms. The Kier molecular flexibility index (Phi) is 68.9. The van der Waals surface area contributed by atoms with Crippen LogP contribution < -0.4 is 0 Å². The highest BCUT2D eigenvalue weighted by atomic mass is 31.2. The lowest BCUT2D eigenvalue weighted by Gasteiger charge is -2.21. The summed E-state index contributed by atoms with van der Waals surface area (Å²) in [6.45, 7) is 4.71. The molecule has 0 fully saturated rings. The Bertz CT molecular complexity index is 2190. The predicted octanol–water partition coefficient (Wildman–Crippen LogP) is 22.2. The molecular formula is C79H140O17P2. The van der Waals surface area contributed by atoms with Crippen molar-refractivity contribution in [2.75, 3.05) is 39.6 Å². The normalized spacial score (nSPS) is 14.4. The molecule has 0 rings (SSSR count). The fourth-order valence-electron chi connectivity index (χ4n) is 10.4. The summed E-state index contributed by atoms with van der Waals surface area (Å²) in [7, 11) is -9.95. The quantitative estimate of drug-likeness (QED) is 0.0169. The number of ether oxygens (including phenoxy) is 4. The van der Waals surface area contributed by atoms with Crippen molar-refractivity contribution in [3.8, 4) is 0 Å². The summed E-state index contributed by atoms with van der Waals surface area (Å²) >= 11 is 0. The number of carbonyl (C=O) groups is 4. The van der Waals surface area contributed by atoms with Gasteiger partial charge in [0.1, 0.15) is 19.3 Å². The Morgan fingerprint density at radius 2 is 0.531 bits per heavy atom. The van der Waals surface area contributed by atoms with Gasteiger partial charge in [-0.25, -0.2) is 9.13 Å². The van der Waals surface area contributed by atoms with Crippen molar-refractivity contribution in [3.05, 3.63) is 85.1 Å². The van der Waals surface area contributed by atoms with E-state index in [9.17, 15) is 43.2 Å². The Morgan fingerprint density at radius 3 is 0.847 bits per heavy atom. The zero-order chi connectivity index (χ0) is 71.8. The van der Waals surface area contributed by atoms with Gasteiger partial charge in [-0.05, 0) is 122 Å². The largest absolute Gasteiger partial charge is 0.472 e. The number of aliphatic hydroxyl groups is 1. The molecule has 0 spiro atoms. The van der Waals surface area contributed by atoms with Crippen LogP contribution in [-0.2, 0) is 65.4 Å². The van der Waals surface area contributed by atoms with Gasteiger partial charge in [0.25, 0.3) is 0 Å². The number of unbranched alkanes of at least 4 members (excludes halogenated alkanes) is 33. The molecule has 0 aromatic heterocycles. The third-order valence-electron chi connectivity index (χ3n) is 16.3. The van der Waals surface area contributed by atoms with Gasteiger partial charge in [0.15, 0.2) is 12.2 Å². The second kappa shape index (κ2) is 71.6. The van der Waals surface area contributed by atoms with Crippen LogP contribution in [0.25, 0.3) is 0 Å². The van der Waals surface area contributed by atoms with E-state index in [1.807, 2.05) is 0 Å². The minimum atomic E-state index is -4.98. The average molecular weight is 1420 g/mol. The number of esters is 4. The van der Waals surface area contributed by atoms with E-state index in [-0.39, 0.29) is 25.7 Å². The summed E-state index contributed by atoms with van der Waals surface area (Å²) in [5.41, 5.74) is 0. The molecule has 0 heterocycles. The SMILES string of the molecule is CC/C=C\C/C=C\C/C=C\C/C=C\C/C=C\CCCCCC(=O)OCC(COP(=O)(O)OCC(O)COP(=O)(O)OCC(COC(=O)CCCCCCC/C=C\CCCCCC)OC(=O)CCCCCCC/C=C\CCCCCC)OC(=O)CCCCCCCCCCCCCCC. The highest BCUT2D eigenvalue weighted by molar-refractivity contribution is 7.47. The Labute approximate surface area is 595 Å². The molecule has 0 amide bonds. The molecule has 0 saturated carbocycles. The van der Waals surface area contributed by atoms with Crippen LogP contribution in [0.1, 0.15) is 336 Å². The Balaban J connectivity index is 5.35. The molecule has 98 heavy (non-hydrogen) atoms. The fourth-order valence-corrected chi connectivity index (χ4v) is 12.0. The van der Waals surface area contributed by atoms with Gasteiger partial charge >= 0.3 is 39.5 Å².